The van der Waals surface area contributed by atoms with E-state index in [2.05, 4.69) is 5.32 Å². The zero-order valence-corrected chi connectivity index (χ0v) is 9.44. The van der Waals surface area contributed by atoms with E-state index >= 15 is 0 Å². The summed E-state index contributed by atoms with van der Waals surface area (Å²) in [5, 5.41) is 2.49. The lowest BCUT2D eigenvalue weighted by Crippen LogP contribution is -2.29. The highest BCUT2D eigenvalue weighted by molar-refractivity contribution is 6.20. The van der Waals surface area contributed by atoms with Gasteiger partial charge in [-0.2, -0.15) is 0 Å². The predicted octanol–water partition coefficient (Wildman–Crippen LogP) is 2.49. The van der Waals surface area contributed by atoms with Crippen LogP contribution in [0.2, 0.25) is 0 Å². The van der Waals surface area contributed by atoms with E-state index in [4.69, 9.17) is 11.6 Å². The van der Waals surface area contributed by atoms with Crippen LogP contribution in [-0.2, 0) is 0 Å². The summed E-state index contributed by atoms with van der Waals surface area (Å²) in [6.07, 6.45) is 0. The van der Waals surface area contributed by atoms with Crippen molar-refractivity contribution in [3.63, 3.8) is 0 Å². The molecule has 1 atom stereocenters. The molecule has 0 saturated heterocycles. The minimum Gasteiger partial charge on any atom is -0.351 e. The van der Waals surface area contributed by atoms with Crippen molar-refractivity contribution in [1.82, 2.24) is 5.32 Å². The molecular weight excluding hydrogens is 217 g/mol. The van der Waals surface area contributed by atoms with Crippen LogP contribution in [0.3, 0.4) is 0 Å². The first-order chi connectivity index (χ1) is 7.02. The van der Waals surface area contributed by atoms with E-state index in [1.54, 1.807) is 19.9 Å². The summed E-state index contributed by atoms with van der Waals surface area (Å²) in [7, 11) is 0. The van der Waals surface area contributed by atoms with Crippen molar-refractivity contribution in [3.05, 3.63) is 35.1 Å². The Kier molecular flexibility index (Phi) is 4.09. The number of carbonyl (C=O) groups excluding carboxylic acids is 1. The number of hydrogen-bond acceptors (Lipinski definition) is 1. The molecular formula is C11H13ClFNO. The molecule has 0 aromatic heterocycles. The molecule has 0 saturated carbocycles. The molecule has 0 spiro atoms. The maximum Gasteiger partial charge on any atom is 0.251 e. The normalized spacial score (nSPS) is 12.3. The summed E-state index contributed by atoms with van der Waals surface area (Å²) in [6, 6.07) is 4.43. The van der Waals surface area contributed by atoms with Crippen molar-refractivity contribution < 1.29 is 9.18 Å². The van der Waals surface area contributed by atoms with Gasteiger partial charge in [0.15, 0.2) is 0 Å². The SMILES string of the molecule is Cc1c(F)cccc1C(=O)NCC(C)Cl. The summed E-state index contributed by atoms with van der Waals surface area (Å²) in [6.45, 7) is 3.73. The van der Waals surface area contributed by atoms with Crippen LogP contribution in [0.4, 0.5) is 4.39 Å². The molecule has 0 heterocycles. The highest BCUT2D eigenvalue weighted by atomic mass is 35.5. The molecule has 0 fully saturated rings. The predicted molar refractivity (Wildman–Crippen MR) is 58.8 cm³/mol. The first-order valence-electron chi connectivity index (χ1n) is 4.69. The molecule has 0 bridgehead atoms. The first kappa shape index (κ1) is 12.0. The standard InChI is InChI=1S/C11H13ClFNO/c1-7(12)6-14-11(15)9-4-3-5-10(13)8(9)2/h3-5,7H,6H2,1-2H3,(H,14,15). The third kappa shape index (κ3) is 3.20. The molecule has 82 valence electrons. The van der Waals surface area contributed by atoms with Crippen LogP contribution in [-0.4, -0.2) is 17.8 Å². The average Bonchev–Trinajstić information content (AvgIpc) is 2.18. The van der Waals surface area contributed by atoms with E-state index in [1.165, 1.54) is 12.1 Å². The van der Waals surface area contributed by atoms with E-state index < -0.39 is 0 Å². The summed E-state index contributed by atoms with van der Waals surface area (Å²) in [4.78, 5) is 11.6. The lowest BCUT2D eigenvalue weighted by atomic mass is 10.1. The van der Waals surface area contributed by atoms with Crippen LogP contribution in [0.15, 0.2) is 18.2 Å². The zero-order chi connectivity index (χ0) is 11.4. The van der Waals surface area contributed by atoms with Crippen LogP contribution in [0.25, 0.3) is 0 Å². The van der Waals surface area contributed by atoms with E-state index in [9.17, 15) is 9.18 Å². The Hall–Kier alpha value is -1.09. The number of benzene rings is 1. The van der Waals surface area contributed by atoms with Gasteiger partial charge in [-0.3, -0.25) is 4.79 Å². The van der Waals surface area contributed by atoms with Gasteiger partial charge in [0.1, 0.15) is 5.82 Å². The zero-order valence-electron chi connectivity index (χ0n) is 8.68. The highest BCUT2D eigenvalue weighted by Gasteiger charge is 2.11. The van der Waals surface area contributed by atoms with Gasteiger partial charge < -0.3 is 5.32 Å². The van der Waals surface area contributed by atoms with Crippen molar-refractivity contribution in [1.29, 1.82) is 0 Å². The van der Waals surface area contributed by atoms with Crippen LogP contribution in [0.1, 0.15) is 22.8 Å². The van der Waals surface area contributed by atoms with Gasteiger partial charge in [-0.05, 0) is 31.5 Å². The molecule has 1 rings (SSSR count). The van der Waals surface area contributed by atoms with Gasteiger partial charge in [0.05, 0.1) is 0 Å². The highest BCUT2D eigenvalue weighted by Crippen LogP contribution is 2.11. The van der Waals surface area contributed by atoms with E-state index in [0.29, 0.717) is 17.7 Å². The minimum absolute atomic E-state index is 0.136. The van der Waals surface area contributed by atoms with Crippen LogP contribution >= 0.6 is 11.6 Å². The molecule has 1 aromatic rings. The van der Waals surface area contributed by atoms with Crippen molar-refractivity contribution in [2.24, 2.45) is 0 Å². The fraction of sp³-hybridized carbons (Fsp3) is 0.364. The topological polar surface area (TPSA) is 29.1 Å². The van der Waals surface area contributed by atoms with E-state index in [1.807, 2.05) is 0 Å². The lowest BCUT2D eigenvalue weighted by Gasteiger charge is -2.08. The van der Waals surface area contributed by atoms with Crippen molar-refractivity contribution >= 4 is 17.5 Å². The fourth-order valence-electron chi connectivity index (χ4n) is 1.18. The number of amides is 1. The molecule has 15 heavy (non-hydrogen) atoms. The molecule has 0 aliphatic carbocycles. The van der Waals surface area contributed by atoms with Crippen LogP contribution < -0.4 is 5.32 Å². The van der Waals surface area contributed by atoms with Crippen molar-refractivity contribution in [3.8, 4) is 0 Å². The Balaban J connectivity index is 2.78. The largest absolute Gasteiger partial charge is 0.351 e. The Bertz CT molecular complexity index is 366. The van der Waals surface area contributed by atoms with Crippen LogP contribution in [0, 0.1) is 12.7 Å². The van der Waals surface area contributed by atoms with Gasteiger partial charge in [0, 0.05) is 17.5 Å². The fourth-order valence-corrected chi connectivity index (χ4v) is 1.26. The molecule has 1 unspecified atom stereocenters. The average molecular weight is 230 g/mol. The van der Waals surface area contributed by atoms with Gasteiger partial charge in [-0.15, -0.1) is 11.6 Å². The lowest BCUT2D eigenvalue weighted by molar-refractivity contribution is 0.0953. The van der Waals surface area contributed by atoms with Gasteiger partial charge in [0.25, 0.3) is 5.91 Å². The summed E-state index contributed by atoms with van der Waals surface area (Å²) in [5.41, 5.74) is 0.713. The van der Waals surface area contributed by atoms with E-state index in [0.717, 1.165) is 0 Å². The summed E-state index contributed by atoms with van der Waals surface area (Å²) in [5.74, 6) is -0.666. The monoisotopic (exact) mass is 229 g/mol. The third-order valence-electron chi connectivity index (χ3n) is 2.06. The van der Waals surface area contributed by atoms with Gasteiger partial charge in [-0.1, -0.05) is 6.07 Å². The number of hydrogen-bond donors (Lipinski definition) is 1. The Morgan fingerprint density at radius 1 is 1.60 bits per heavy atom. The second-order valence-corrected chi connectivity index (χ2v) is 4.15. The molecule has 1 aromatic carbocycles. The number of rotatable bonds is 3. The van der Waals surface area contributed by atoms with Crippen molar-refractivity contribution in [2.45, 2.75) is 19.2 Å². The molecule has 2 nitrogen and oxygen atoms in total. The molecule has 4 heteroatoms. The maximum atomic E-state index is 13.1. The Morgan fingerprint density at radius 3 is 2.87 bits per heavy atom. The summed E-state index contributed by atoms with van der Waals surface area (Å²) >= 11 is 5.69. The van der Waals surface area contributed by atoms with Crippen molar-refractivity contribution in [2.75, 3.05) is 6.54 Å². The number of carbonyl (C=O) groups is 1. The molecule has 0 aliphatic heterocycles. The third-order valence-corrected chi connectivity index (χ3v) is 2.21. The Morgan fingerprint density at radius 2 is 2.27 bits per heavy atom. The maximum absolute atomic E-state index is 13.1. The van der Waals surface area contributed by atoms with Gasteiger partial charge >= 0.3 is 0 Å². The number of halogens is 2. The van der Waals surface area contributed by atoms with Gasteiger partial charge in [-0.25, -0.2) is 4.39 Å². The minimum atomic E-state index is -0.374. The Labute approximate surface area is 93.4 Å². The second kappa shape index (κ2) is 5.12. The molecule has 1 amide bonds. The number of alkyl halides is 1. The number of nitrogens with one attached hydrogen (secondary N) is 1. The quantitative estimate of drug-likeness (QED) is 0.793. The second-order valence-electron chi connectivity index (χ2n) is 3.40. The summed E-state index contributed by atoms with van der Waals surface area (Å²) < 4.78 is 13.1. The first-order valence-corrected chi connectivity index (χ1v) is 5.13. The van der Waals surface area contributed by atoms with Crippen LogP contribution in [0.5, 0.6) is 0 Å². The smallest absolute Gasteiger partial charge is 0.251 e. The van der Waals surface area contributed by atoms with E-state index in [-0.39, 0.29) is 17.1 Å². The molecule has 0 radical (unpaired) electrons. The molecule has 1 N–H and O–H groups in total. The molecule has 0 aliphatic rings. The van der Waals surface area contributed by atoms with Gasteiger partial charge in [0.2, 0.25) is 0 Å².